The van der Waals surface area contributed by atoms with E-state index in [1.165, 1.54) is 0 Å². The van der Waals surface area contributed by atoms with Gasteiger partial charge in [-0.25, -0.2) is 4.79 Å². The number of esters is 2. The van der Waals surface area contributed by atoms with E-state index in [-0.39, 0.29) is 32.3 Å². The molecule has 0 aromatic rings. The van der Waals surface area contributed by atoms with Crippen LogP contribution in [0, 0.1) is 0 Å². The van der Waals surface area contributed by atoms with Gasteiger partial charge in [0.05, 0.1) is 6.61 Å². The number of ether oxygens (including phenoxy) is 1. The fourth-order valence-electron chi connectivity index (χ4n) is 1.58. The topological polar surface area (TPSA) is 145 Å². The molecular weight excluding hydrogens is 308 g/mol. The smallest absolute Gasteiger partial charge is 1.00 e. The Bertz CT molecular complexity index is 335. The molecule has 0 amide bonds. The minimum Gasteiger partial charge on any atom is -1.00 e. The number of hydrogen-bond donors (Lipinski definition) is 5. The molecule has 8 nitrogen and oxygen atoms in total. The number of carbonyl (C=O) groups excluding carboxylic acids is 2. The summed E-state index contributed by atoms with van der Waals surface area (Å²) in [5, 5.41) is 45.9. The number of hydrogen-bond acceptors (Lipinski definition) is 8. The van der Waals surface area contributed by atoms with E-state index in [0.717, 1.165) is 19.3 Å². The number of carbonyl (C=O) groups is 2. The minimum atomic E-state index is -2.19. The summed E-state index contributed by atoms with van der Waals surface area (Å²) in [5.41, 5.74) is 0. The largest absolute Gasteiger partial charge is 2.00 e. The van der Waals surface area contributed by atoms with Crippen LogP contribution < -0.4 is 0 Å². The fraction of sp³-hybridized carbons (Fsp3) is 0.846. The molecule has 0 unspecified atom stereocenters. The summed E-state index contributed by atoms with van der Waals surface area (Å²) in [6.45, 7) is 1.14. The quantitative estimate of drug-likeness (QED) is 0.138. The standard InChI is InChI=1S/C13H24O8.Mg.2H/c1-2-3-4-5-6-9(16)21-13(20)12(19)11(18)10(17)8(15)7-14;;;/h8,10-12,14-15,17-19H,2-7H2,1H3;;;/q;+2;2*-1/t8-,10-,11+,12-;;;/m1.../s1. The molecule has 0 aromatic heterocycles. The molecule has 128 valence electrons. The molecule has 0 saturated carbocycles. The molecule has 0 spiro atoms. The van der Waals surface area contributed by atoms with Crippen LogP contribution in [-0.2, 0) is 14.3 Å². The first-order valence-electron chi connectivity index (χ1n) is 6.92. The zero-order valence-corrected chi connectivity index (χ0v) is 14.1. The van der Waals surface area contributed by atoms with Crippen molar-refractivity contribution in [2.75, 3.05) is 6.61 Å². The Morgan fingerprint density at radius 3 is 2.14 bits per heavy atom. The van der Waals surface area contributed by atoms with Crippen molar-refractivity contribution in [1.82, 2.24) is 0 Å². The first-order chi connectivity index (χ1) is 9.84. The summed E-state index contributed by atoms with van der Waals surface area (Å²) >= 11 is 0. The van der Waals surface area contributed by atoms with E-state index >= 15 is 0 Å². The third-order valence-corrected chi connectivity index (χ3v) is 2.95. The van der Waals surface area contributed by atoms with Crippen molar-refractivity contribution in [2.45, 2.75) is 63.4 Å². The van der Waals surface area contributed by atoms with Gasteiger partial charge in [-0.1, -0.05) is 26.2 Å². The Labute approximate surface area is 148 Å². The summed E-state index contributed by atoms with van der Waals surface area (Å²) in [6, 6.07) is 0. The summed E-state index contributed by atoms with van der Waals surface area (Å²) in [4.78, 5) is 22.7. The molecule has 0 radical (unpaired) electrons. The van der Waals surface area contributed by atoms with Gasteiger partial charge >= 0.3 is 35.0 Å². The zero-order valence-electron chi connectivity index (χ0n) is 14.7. The summed E-state index contributed by atoms with van der Waals surface area (Å²) < 4.78 is 4.33. The van der Waals surface area contributed by atoms with Crippen molar-refractivity contribution in [3.63, 3.8) is 0 Å². The van der Waals surface area contributed by atoms with Crippen LogP contribution in [0.1, 0.15) is 41.9 Å². The molecule has 0 aliphatic rings. The SMILES string of the molecule is CCCCCCC(=O)OC(=O)[C@H](O)[C@@H](O)[C@H](O)[C@H](O)CO.[H-].[H-].[Mg+2]. The van der Waals surface area contributed by atoms with E-state index in [9.17, 15) is 24.9 Å². The molecule has 0 saturated heterocycles. The second kappa shape index (κ2) is 13.2. The van der Waals surface area contributed by atoms with Crippen molar-refractivity contribution in [2.24, 2.45) is 0 Å². The van der Waals surface area contributed by atoms with Gasteiger partial charge in [-0.15, -0.1) is 0 Å². The van der Waals surface area contributed by atoms with Gasteiger partial charge in [0.2, 0.25) is 0 Å². The molecule has 0 bridgehead atoms. The predicted molar refractivity (Wildman–Crippen MR) is 78.9 cm³/mol. The Hall–Kier alpha value is -0.294. The first kappa shape index (κ1) is 24.0. The van der Waals surface area contributed by atoms with Crippen LogP contribution in [0.2, 0.25) is 0 Å². The van der Waals surface area contributed by atoms with Gasteiger partial charge in [-0.3, -0.25) is 4.79 Å². The number of unbranched alkanes of at least 4 members (excludes halogenated alkanes) is 3. The molecule has 4 atom stereocenters. The molecule has 0 rings (SSSR count). The van der Waals surface area contributed by atoms with E-state index in [0.29, 0.717) is 6.42 Å². The van der Waals surface area contributed by atoms with Gasteiger partial charge in [0.25, 0.3) is 0 Å². The van der Waals surface area contributed by atoms with Gasteiger partial charge in [0.15, 0.2) is 6.10 Å². The van der Waals surface area contributed by atoms with Crippen molar-refractivity contribution in [1.29, 1.82) is 0 Å². The van der Waals surface area contributed by atoms with Crippen LogP contribution in [0.3, 0.4) is 0 Å². The van der Waals surface area contributed by atoms with E-state index in [4.69, 9.17) is 10.2 Å². The number of aliphatic hydroxyl groups is 5. The normalized spacial score (nSPS) is 16.1. The first-order valence-corrected chi connectivity index (χ1v) is 6.92. The van der Waals surface area contributed by atoms with Gasteiger partial charge in [-0.2, -0.15) is 0 Å². The molecule has 0 heterocycles. The van der Waals surface area contributed by atoms with E-state index in [1.807, 2.05) is 6.92 Å². The molecular formula is C13H26MgO8. The minimum absolute atomic E-state index is 0. The van der Waals surface area contributed by atoms with Crippen LogP contribution in [0.5, 0.6) is 0 Å². The van der Waals surface area contributed by atoms with E-state index in [1.54, 1.807) is 0 Å². The zero-order chi connectivity index (χ0) is 16.4. The predicted octanol–water partition coefficient (Wildman–Crippen LogP) is -1.69. The molecule has 5 N–H and O–H groups in total. The Morgan fingerprint density at radius 2 is 1.64 bits per heavy atom. The van der Waals surface area contributed by atoms with Gasteiger partial charge in [-0.05, 0) is 6.42 Å². The molecule has 0 aliphatic heterocycles. The van der Waals surface area contributed by atoms with Crippen LogP contribution in [-0.4, -0.2) is 91.5 Å². The second-order valence-electron chi connectivity index (χ2n) is 4.78. The second-order valence-corrected chi connectivity index (χ2v) is 4.78. The van der Waals surface area contributed by atoms with Crippen molar-refractivity contribution in [3.8, 4) is 0 Å². The third-order valence-electron chi connectivity index (χ3n) is 2.95. The van der Waals surface area contributed by atoms with E-state index in [2.05, 4.69) is 4.74 Å². The summed E-state index contributed by atoms with van der Waals surface area (Å²) in [5.74, 6) is -2.24. The maximum absolute atomic E-state index is 11.4. The van der Waals surface area contributed by atoms with Crippen LogP contribution in [0.4, 0.5) is 0 Å². The van der Waals surface area contributed by atoms with Crippen LogP contribution in [0.25, 0.3) is 0 Å². The Kier molecular flexibility index (Phi) is 14.4. The van der Waals surface area contributed by atoms with Crippen LogP contribution >= 0.6 is 0 Å². The van der Waals surface area contributed by atoms with Gasteiger partial charge in [0, 0.05) is 6.42 Å². The van der Waals surface area contributed by atoms with Gasteiger partial charge < -0.3 is 33.1 Å². The number of rotatable bonds is 10. The Balaban J connectivity index is -0.000000667. The molecule has 0 aromatic carbocycles. The molecule has 9 heteroatoms. The van der Waals surface area contributed by atoms with E-state index < -0.39 is 43.0 Å². The molecule has 0 aliphatic carbocycles. The average Bonchev–Trinajstić information content (AvgIpc) is 2.48. The molecule has 0 fully saturated rings. The fourth-order valence-corrected chi connectivity index (χ4v) is 1.58. The maximum Gasteiger partial charge on any atom is 2.00 e. The van der Waals surface area contributed by atoms with Crippen molar-refractivity contribution < 1.29 is 42.7 Å². The van der Waals surface area contributed by atoms with Gasteiger partial charge in [0.1, 0.15) is 18.3 Å². The monoisotopic (exact) mass is 334 g/mol. The number of aliphatic hydroxyl groups excluding tert-OH is 5. The third kappa shape index (κ3) is 8.98. The van der Waals surface area contributed by atoms with Crippen LogP contribution in [0.15, 0.2) is 0 Å². The maximum atomic E-state index is 11.4. The molecule has 22 heavy (non-hydrogen) atoms. The summed E-state index contributed by atoms with van der Waals surface area (Å²) in [7, 11) is 0. The Morgan fingerprint density at radius 1 is 1.05 bits per heavy atom. The van der Waals surface area contributed by atoms with Crippen molar-refractivity contribution >= 4 is 35.0 Å². The summed E-state index contributed by atoms with van der Waals surface area (Å²) in [6.07, 6.45) is -4.64. The average molecular weight is 335 g/mol. The van der Waals surface area contributed by atoms with Crippen molar-refractivity contribution in [3.05, 3.63) is 0 Å².